The minimum atomic E-state index is -3.17. The number of nitrogens with one attached hydrogen (secondary N) is 1. The van der Waals surface area contributed by atoms with Gasteiger partial charge < -0.3 is 5.32 Å². The molecule has 4 nitrogen and oxygen atoms in total. The number of hydrogen-bond donors (Lipinski definition) is 1. The largest absolute Gasteiger partial charge is 0.349 e. The number of halogens is 1. The summed E-state index contributed by atoms with van der Waals surface area (Å²) in [6.07, 6.45) is 5.27. The summed E-state index contributed by atoms with van der Waals surface area (Å²) in [6, 6.07) is 7.36. The van der Waals surface area contributed by atoms with Gasteiger partial charge in [0.1, 0.15) is 0 Å². The molecule has 0 radical (unpaired) electrons. The van der Waals surface area contributed by atoms with Gasteiger partial charge in [-0.15, -0.1) is 0 Å². The molecule has 1 unspecified atom stereocenters. The van der Waals surface area contributed by atoms with E-state index < -0.39 is 9.84 Å². The topological polar surface area (TPSA) is 63.2 Å². The molecule has 146 valence electrons. The van der Waals surface area contributed by atoms with Crippen LogP contribution in [0.3, 0.4) is 0 Å². The van der Waals surface area contributed by atoms with E-state index in [1.807, 2.05) is 24.3 Å². The minimum absolute atomic E-state index is 0.0323. The molecule has 1 aliphatic rings. The number of benzene rings is 1. The van der Waals surface area contributed by atoms with Gasteiger partial charge in [-0.25, -0.2) is 8.42 Å². The van der Waals surface area contributed by atoms with E-state index in [9.17, 15) is 13.2 Å². The quantitative estimate of drug-likeness (QED) is 0.655. The molecule has 1 aromatic carbocycles. The van der Waals surface area contributed by atoms with Crippen LogP contribution in [0.4, 0.5) is 0 Å². The molecule has 1 amide bonds. The lowest BCUT2D eigenvalue weighted by atomic mass is 9.97. The van der Waals surface area contributed by atoms with Crippen LogP contribution < -0.4 is 5.32 Å². The van der Waals surface area contributed by atoms with E-state index >= 15 is 0 Å². The first-order valence-electron chi connectivity index (χ1n) is 9.54. The van der Waals surface area contributed by atoms with Gasteiger partial charge in [0.2, 0.25) is 5.91 Å². The van der Waals surface area contributed by atoms with Crippen molar-refractivity contribution in [1.29, 1.82) is 0 Å². The Bertz CT molecular complexity index is 680. The Morgan fingerprint density at radius 3 is 2.35 bits per heavy atom. The van der Waals surface area contributed by atoms with Gasteiger partial charge in [0.05, 0.1) is 17.0 Å². The molecular weight excluding hydrogens is 370 g/mol. The molecule has 0 bridgehead atoms. The summed E-state index contributed by atoms with van der Waals surface area (Å²) < 4.78 is 24.7. The first kappa shape index (κ1) is 21.2. The fourth-order valence-electron chi connectivity index (χ4n) is 3.43. The molecule has 1 fully saturated rings. The number of rotatable bonds is 9. The average molecular weight is 400 g/mol. The Hall–Kier alpha value is -1.07. The van der Waals surface area contributed by atoms with Crippen molar-refractivity contribution in [3.8, 4) is 0 Å². The van der Waals surface area contributed by atoms with Crippen molar-refractivity contribution in [3.05, 3.63) is 34.9 Å². The zero-order chi connectivity index (χ0) is 19.2. The van der Waals surface area contributed by atoms with Gasteiger partial charge >= 0.3 is 0 Å². The summed E-state index contributed by atoms with van der Waals surface area (Å²) >= 11 is 5.96. The van der Waals surface area contributed by atoms with Gasteiger partial charge in [-0.05, 0) is 49.3 Å². The van der Waals surface area contributed by atoms with E-state index in [4.69, 9.17) is 11.6 Å². The molecule has 0 heterocycles. The smallest absolute Gasteiger partial charge is 0.221 e. The number of hydrogen-bond acceptors (Lipinski definition) is 3. The van der Waals surface area contributed by atoms with Crippen LogP contribution in [0.1, 0.15) is 70.4 Å². The van der Waals surface area contributed by atoms with Crippen LogP contribution in [0, 0.1) is 5.92 Å². The molecule has 0 aliphatic heterocycles. The fraction of sp³-hybridized carbons (Fsp3) is 0.650. The molecular formula is C20H30ClNO3S. The molecule has 1 N–H and O–H groups in total. The Morgan fingerprint density at radius 1 is 1.15 bits per heavy atom. The predicted octanol–water partition coefficient (Wildman–Crippen LogP) is 4.68. The van der Waals surface area contributed by atoms with E-state index in [0.29, 0.717) is 10.9 Å². The first-order chi connectivity index (χ1) is 12.3. The third kappa shape index (κ3) is 6.58. The summed E-state index contributed by atoms with van der Waals surface area (Å²) in [4.78, 5) is 12.4. The van der Waals surface area contributed by atoms with E-state index in [1.165, 1.54) is 0 Å². The van der Waals surface area contributed by atoms with Crippen LogP contribution >= 0.6 is 11.6 Å². The Morgan fingerprint density at radius 2 is 1.77 bits per heavy atom. The van der Waals surface area contributed by atoms with Crippen LogP contribution in [-0.2, 0) is 14.6 Å². The highest BCUT2D eigenvalue weighted by Gasteiger charge is 2.29. The van der Waals surface area contributed by atoms with E-state index in [0.717, 1.165) is 44.1 Å². The maximum atomic E-state index is 12.4. The highest BCUT2D eigenvalue weighted by Crippen LogP contribution is 2.26. The second-order valence-electron chi connectivity index (χ2n) is 7.67. The fourth-order valence-corrected chi connectivity index (χ4v) is 5.41. The van der Waals surface area contributed by atoms with Gasteiger partial charge in [-0.1, -0.05) is 50.4 Å². The zero-order valence-corrected chi connectivity index (χ0v) is 17.3. The Kier molecular flexibility index (Phi) is 7.96. The van der Waals surface area contributed by atoms with Gasteiger partial charge in [0.25, 0.3) is 0 Å². The minimum Gasteiger partial charge on any atom is -0.349 e. The van der Waals surface area contributed by atoms with Crippen molar-refractivity contribution >= 4 is 27.3 Å². The van der Waals surface area contributed by atoms with Crippen molar-refractivity contribution in [2.75, 3.05) is 5.75 Å². The monoisotopic (exact) mass is 399 g/mol. The van der Waals surface area contributed by atoms with Crippen molar-refractivity contribution in [3.63, 3.8) is 0 Å². The van der Waals surface area contributed by atoms with Crippen LogP contribution in [0.2, 0.25) is 5.02 Å². The lowest BCUT2D eigenvalue weighted by molar-refractivity contribution is -0.121. The summed E-state index contributed by atoms with van der Waals surface area (Å²) in [5.74, 6) is 0.279. The second kappa shape index (κ2) is 9.75. The van der Waals surface area contributed by atoms with E-state index in [2.05, 4.69) is 19.2 Å². The normalized spacial score (nSPS) is 16.8. The standard InChI is InChI=1S/C20H30ClNO3S/c1-15(2)7-12-19(16-8-10-17(21)11-9-16)22-20(23)13-14-26(24,25)18-5-3-4-6-18/h8-11,15,18-19H,3-7,12-14H2,1-2H3,(H,22,23). The lowest BCUT2D eigenvalue weighted by Crippen LogP contribution is -2.31. The molecule has 0 saturated heterocycles. The van der Waals surface area contributed by atoms with E-state index in [1.54, 1.807) is 0 Å². The number of carbonyl (C=O) groups excluding carboxylic acids is 1. The SMILES string of the molecule is CC(C)CCC(NC(=O)CCS(=O)(=O)C1CCCC1)c1ccc(Cl)cc1. The molecule has 1 aliphatic carbocycles. The first-order valence-corrected chi connectivity index (χ1v) is 11.6. The highest BCUT2D eigenvalue weighted by atomic mass is 35.5. The second-order valence-corrected chi connectivity index (χ2v) is 10.5. The van der Waals surface area contributed by atoms with Crippen LogP contribution in [0.25, 0.3) is 0 Å². The molecule has 0 aromatic heterocycles. The molecule has 2 rings (SSSR count). The van der Waals surface area contributed by atoms with Crippen LogP contribution in [-0.4, -0.2) is 25.3 Å². The number of sulfone groups is 1. The third-order valence-corrected chi connectivity index (χ3v) is 7.58. The lowest BCUT2D eigenvalue weighted by Gasteiger charge is -2.21. The van der Waals surface area contributed by atoms with E-state index in [-0.39, 0.29) is 29.4 Å². The maximum absolute atomic E-state index is 12.4. The van der Waals surface area contributed by atoms with Gasteiger partial charge in [0, 0.05) is 11.4 Å². The predicted molar refractivity (Wildman–Crippen MR) is 107 cm³/mol. The van der Waals surface area contributed by atoms with Gasteiger partial charge in [-0.2, -0.15) is 0 Å². The molecule has 1 saturated carbocycles. The van der Waals surface area contributed by atoms with Crippen molar-refractivity contribution < 1.29 is 13.2 Å². The Labute approximate surface area is 162 Å². The maximum Gasteiger partial charge on any atom is 0.221 e. The van der Waals surface area contributed by atoms with Gasteiger partial charge in [0.15, 0.2) is 9.84 Å². The molecule has 0 spiro atoms. The molecule has 6 heteroatoms. The average Bonchev–Trinajstić information content (AvgIpc) is 3.13. The zero-order valence-electron chi connectivity index (χ0n) is 15.7. The van der Waals surface area contributed by atoms with Crippen molar-refractivity contribution in [1.82, 2.24) is 5.32 Å². The molecule has 1 aromatic rings. The summed E-state index contributed by atoms with van der Waals surface area (Å²) in [5.41, 5.74) is 1.00. The third-order valence-electron chi connectivity index (χ3n) is 5.06. The summed E-state index contributed by atoms with van der Waals surface area (Å²) in [5, 5.41) is 3.44. The van der Waals surface area contributed by atoms with Crippen molar-refractivity contribution in [2.24, 2.45) is 5.92 Å². The highest BCUT2D eigenvalue weighted by molar-refractivity contribution is 7.92. The molecule has 26 heavy (non-hydrogen) atoms. The van der Waals surface area contributed by atoms with Gasteiger partial charge in [-0.3, -0.25) is 4.79 Å². The van der Waals surface area contributed by atoms with Crippen molar-refractivity contribution in [2.45, 2.75) is 70.1 Å². The van der Waals surface area contributed by atoms with Crippen LogP contribution in [0.15, 0.2) is 24.3 Å². The number of amides is 1. The summed E-state index contributed by atoms with van der Waals surface area (Å²) in [6.45, 7) is 4.30. The van der Waals surface area contributed by atoms with Crippen LogP contribution in [0.5, 0.6) is 0 Å². The Balaban J connectivity index is 1.95. The summed E-state index contributed by atoms with van der Waals surface area (Å²) in [7, 11) is -3.17. The number of carbonyl (C=O) groups is 1. The molecule has 1 atom stereocenters.